The van der Waals surface area contributed by atoms with Crippen molar-refractivity contribution < 1.29 is 5.11 Å². The highest BCUT2D eigenvalue weighted by Crippen LogP contribution is 2.19. The number of fused-ring (bicyclic) bond motifs is 1. The third-order valence-electron chi connectivity index (χ3n) is 4.19. The van der Waals surface area contributed by atoms with Crippen LogP contribution in [-0.4, -0.2) is 39.8 Å². The van der Waals surface area contributed by atoms with Gasteiger partial charge in [-0.3, -0.25) is 4.79 Å². The highest BCUT2D eigenvalue weighted by atomic mass is 32.1. The molecule has 2 rings (SSSR count). The average Bonchev–Trinajstić information content (AvgIpc) is 2.56. The van der Waals surface area contributed by atoms with Gasteiger partial charge in [0.15, 0.2) is 5.11 Å². The number of thiocarbonyl (C=S) groups is 1. The van der Waals surface area contributed by atoms with E-state index in [0.717, 1.165) is 28.6 Å². The zero-order valence-electron chi connectivity index (χ0n) is 14.5. The molecule has 0 aliphatic carbocycles. The number of hydrogen-bond acceptors (Lipinski definition) is 3. The predicted molar refractivity (Wildman–Crippen MR) is 102 cm³/mol. The van der Waals surface area contributed by atoms with E-state index in [4.69, 9.17) is 17.3 Å². The van der Waals surface area contributed by atoms with E-state index in [1.54, 1.807) is 0 Å². The SMILES string of the molecule is CCNC(=S)N(CCCO)Cc1cc2ccc(C)c(C)c2[nH]c1=O. The zero-order valence-corrected chi connectivity index (χ0v) is 15.3. The van der Waals surface area contributed by atoms with E-state index in [1.807, 2.05) is 37.8 Å². The molecule has 130 valence electrons. The van der Waals surface area contributed by atoms with E-state index in [-0.39, 0.29) is 12.2 Å². The molecule has 24 heavy (non-hydrogen) atoms. The number of aromatic nitrogens is 1. The second kappa shape index (κ2) is 8.26. The summed E-state index contributed by atoms with van der Waals surface area (Å²) in [5.41, 5.74) is 3.72. The van der Waals surface area contributed by atoms with Crippen LogP contribution >= 0.6 is 12.2 Å². The Labute approximate surface area is 147 Å². The lowest BCUT2D eigenvalue weighted by Gasteiger charge is -2.25. The van der Waals surface area contributed by atoms with Crippen molar-refractivity contribution in [1.82, 2.24) is 15.2 Å². The normalized spacial score (nSPS) is 10.8. The first-order valence-electron chi connectivity index (χ1n) is 8.23. The van der Waals surface area contributed by atoms with Gasteiger partial charge in [-0.05, 0) is 62.0 Å². The van der Waals surface area contributed by atoms with Crippen LogP contribution in [0.15, 0.2) is 23.0 Å². The minimum absolute atomic E-state index is 0.0931. The highest BCUT2D eigenvalue weighted by molar-refractivity contribution is 7.80. The Bertz CT molecular complexity index is 786. The third kappa shape index (κ3) is 4.13. The summed E-state index contributed by atoms with van der Waals surface area (Å²) in [6, 6.07) is 6.02. The topological polar surface area (TPSA) is 68.4 Å². The Morgan fingerprint density at radius 2 is 2.12 bits per heavy atom. The monoisotopic (exact) mass is 347 g/mol. The number of aliphatic hydroxyl groups is 1. The highest BCUT2D eigenvalue weighted by Gasteiger charge is 2.13. The average molecular weight is 347 g/mol. The number of pyridine rings is 1. The van der Waals surface area contributed by atoms with Crippen molar-refractivity contribution in [2.75, 3.05) is 19.7 Å². The first-order valence-corrected chi connectivity index (χ1v) is 8.64. The van der Waals surface area contributed by atoms with E-state index < -0.39 is 0 Å². The lowest BCUT2D eigenvalue weighted by molar-refractivity contribution is 0.264. The van der Waals surface area contributed by atoms with E-state index in [0.29, 0.717) is 30.2 Å². The van der Waals surface area contributed by atoms with Crippen molar-refractivity contribution >= 4 is 28.2 Å². The number of nitrogens with zero attached hydrogens (tertiary/aromatic N) is 1. The number of H-pyrrole nitrogens is 1. The van der Waals surface area contributed by atoms with Gasteiger partial charge < -0.3 is 20.3 Å². The molecule has 0 fully saturated rings. The number of aromatic amines is 1. The van der Waals surface area contributed by atoms with Gasteiger partial charge >= 0.3 is 0 Å². The summed E-state index contributed by atoms with van der Waals surface area (Å²) in [6.07, 6.45) is 0.606. The van der Waals surface area contributed by atoms with Crippen LogP contribution < -0.4 is 10.9 Å². The van der Waals surface area contributed by atoms with Gasteiger partial charge in [0.1, 0.15) is 0 Å². The first-order chi connectivity index (χ1) is 11.5. The van der Waals surface area contributed by atoms with E-state index in [9.17, 15) is 4.79 Å². The Kier molecular flexibility index (Phi) is 6.34. The van der Waals surface area contributed by atoms with E-state index in [2.05, 4.69) is 16.4 Å². The number of rotatable bonds is 6. The van der Waals surface area contributed by atoms with Gasteiger partial charge in [0.05, 0.1) is 12.1 Å². The lowest BCUT2D eigenvalue weighted by atomic mass is 10.0. The molecule has 0 atom stereocenters. The van der Waals surface area contributed by atoms with Crippen LogP contribution in [0.25, 0.3) is 10.9 Å². The molecule has 1 aromatic carbocycles. The van der Waals surface area contributed by atoms with Gasteiger partial charge in [-0.15, -0.1) is 0 Å². The standard InChI is InChI=1S/C18H25N3O2S/c1-4-19-18(24)21(8-5-9-22)11-15-10-14-7-6-12(2)13(3)16(14)20-17(15)23/h6-7,10,22H,4-5,8-9,11H2,1-3H3,(H,19,24)(H,20,23). The van der Waals surface area contributed by atoms with Crippen LogP contribution in [0.4, 0.5) is 0 Å². The molecule has 0 aliphatic heterocycles. The van der Waals surface area contributed by atoms with Crippen molar-refractivity contribution in [2.45, 2.75) is 33.7 Å². The van der Waals surface area contributed by atoms with Crippen LogP contribution in [0, 0.1) is 13.8 Å². The van der Waals surface area contributed by atoms with Gasteiger partial charge in [-0.1, -0.05) is 12.1 Å². The van der Waals surface area contributed by atoms with Crippen LogP contribution in [0.5, 0.6) is 0 Å². The summed E-state index contributed by atoms with van der Waals surface area (Å²) in [7, 11) is 0. The summed E-state index contributed by atoms with van der Waals surface area (Å²) in [6.45, 7) is 7.87. The Morgan fingerprint density at radius 3 is 2.79 bits per heavy atom. The third-order valence-corrected chi connectivity index (χ3v) is 4.59. The number of aryl methyl sites for hydroxylation is 2. The number of aliphatic hydroxyl groups excluding tert-OH is 1. The summed E-state index contributed by atoms with van der Waals surface area (Å²) in [5, 5.41) is 13.8. The van der Waals surface area contributed by atoms with Crippen molar-refractivity contribution in [2.24, 2.45) is 0 Å². The quantitative estimate of drug-likeness (QED) is 0.699. The predicted octanol–water partition coefficient (Wildman–Crippen LogP) is 2.22. The number of benzene rings is 1. The molecule has 0 unspecified atom stereocenters. The van der Waals surface area contributed by atoms with Crippen molar-refractivity contribution in [3.05, 3.63) is 45.2 Å². The van der Waals surface area contributed by atoms with Crippen LogP contribution in [0.2, 0.25) is 0 Å². The first kappa shape index (κ1) is 18.4. The molecule has 5 nitrogen and oxygen atoms in total. The van der Waals surface area contributed by atoms with Crippen molar-refractivity contribution in [1.29, 1.82) is 0 Å². The summed E-state index contributed by atoms with van der Waals surface area (Å²) >= 11 is 5.39. The maximum atomic E-state index is 12.5. The molecule has 0 amide bonds. The van der Waals surface area contributed by atoms with Crippen LogP contribution in [-0.2, 0) is 6.54 Å². The fourth-order valence-electron chi connectivity index (χ4n) is 2.67. The Morgan fingerprint density at radius 1 is 1.38 bits per heavy atom. The molecule has 6 heteroatoms. The maximum Gasteiger partial charge on any atom is 0.253 e. The molecule has 0 saturated heterocycles. The van der Waals surface area contributed by atoms with E-state index in [1.165, 1.54) is 0 Å². The molecule has 1 heterocycles. The minimum atomic E-state index is -0.0931. The fourth-order valence-corrected chi connectivity index (χ4v) is 2.97. The number of nitrogens with one attached hydrogen (secondary N) is 2. The Balaban J connectivity index is 2.35. The van der Waals surface area contributed by atoms with Gasteiger partial charge in [-0.25, -0.2) is 0 Å². The van der Waals surface area contributed by atoms with Gasteiger partial charge in [-0.2, -0.15) is 0 Å². The van der Waals surface area contributed by atoms with E-state index >= 15 is 0 Å². The van der Waals surface area contributed by atoms with Crippen molar-refractivity contribution in [3.63, 3.8) is 0 Å². The second-order valence-electron chi connectivity index (χ2n) is 5.93. The molecule has 0 aliphatic rings. The lowest BCUT2D eigenvalue weighted by Crippen LogP contribution is -2.41. The van der Waals surface area contributed by atoms with Crippen molar-refractivity contribution in [3.8, 4) is 0 Å². The molecule has 2 aromatic rings. The minimum Gasteiger partial charge on any atom is -0.396 e. The largest absolute Gasteiger partial charge is 0.396 e. The fraction of sp³-hybridized carbons (Fsp3) is 0.444. The zero-order chi connectivity index (χ0) is 17.7. The van der Waals surface area contributed by atoms with Gasteiger partial charge in [0, 0.05) is 25.3 Å². The maximum absolute atomic E-state index is 12.5. The molecule has 1 aromatic heterocycles. The summed E-state index contributed by atoms with van der Waals surface area (Å²) in [4.78, 5) is 17.4. The number of hydrogen-bond donors (Lipinski definition) is 3. The van der Waals surface area contributed by atoms with Gasteiger partial charge in [0.2, 0.25) is 0 Å². The molecular weight excluding hydrogens is 322 g/mol. The Hall–Kier alpha value is -1.92. The summed E-state index contributed by atoms with van der Waals surface area (Å²) in [5.74, 6) is 0. The van der Waals surface area contributed by atoms with Crippen LogP contribution in [0.3, 0.4) is 0 Å². The molecule has 0 bridgehead atoms. The second-order valence-corrected chi connectivity index (χ2v) is 6.32. The summed E-state index contributed by atoms with van der Waals surface area (Å²) < 4.78 is 0. The molecule has 0 spiro atoms. The molecule has 0 saturated carbocycles. The van der Waals surface area contributed by atoms with Gasteiger partial charge in [0.25, 0.3) is 5.56 Å². The van der Waals surface area contributed by atoms with Crippen LogP contribution in [0.1, 0.15) is 30.0 Å². The smallest absolute Gasteiger partial charge is 0.253 e. The molecule has 3 N–H and O–H groups in total. The molecular formula is C18H25N3O2S. The molecule has 0 radical (unpaired) electrons.